The van der Waals surface area contributed by atoms with Gasteiger partial charge in [-0.05, 0) is 37.2 Å². The van der Waals surface area contributed by atoms with Crippen LogP contribution in [0.5, 0.6) is 5.75 Å². The molecule has 1 amide bonds. The molecule has 0 unspecified atom stereocenters. The Kier molecular flexibility index (Phi) is 7.30. The maximum atomic E-state index is 11.4. The van der Waals surface area contributed by atoms with E-state index in [2.05, 4.69) is 17.1 Å². The lowest BCUT2D eigenvalue weighted by Gasteiger charge is -2.20. The zero-order valence-corrected chi connectivity index (χ0v) is 12.2. The number of nitrogens with one attached hydrogen (secondary N) is 1. The highest BCUT2D eigenvalue weighted by Gasteiger charge is 2.08. The van der Waals surface area contributed by atoms with Crippen LogP contribution in [0.1, 0.15) is 13.3 Å². The van der Waals surface area contributed by atoms with E-state index in [0.29, 0.717) is 18.2 Å². The van der Waals surface area contributed by atoms with Gasteiger partial charge in [-0.3, -0.25) is 9.69 Å². The van der Waals surface area contributed by atoms with Gasteiger partial charge in [-0.2, -0.15) is 0 Å². The topological polar surface area (TPSA) is 41.6 Å². The predicted molar refractivity (Wildman–Crippen MR) is 77.7 cm³/mol. The summed E-state index contributed by atoms with van der Waals surface area (Å²) >= 11 is 5.80. The highest BCUT2D eigenvalue weighted by atomic mass is 35.5. The standard InChI is InChI=1S/C14H21ClN2O2/c1-3-8-17(11-14(18)16-2)9-10-19-13-6-4-12(15)5-7-13/h4-7H,3,8-11H2,1-2H3,(H,16,18). The molecule has 4 nitrogen and oxygen atoms in total. The first kappa shape index (κ1) is 15.8. The Hall–Kier alpha value is -1.26. The first-order valence-corrected chi connectivity index (χ1v) is 6.84. The fraction of sp³-hybridized carbons (Fsp3) is 0.500. The van der Waals surface area contributed by atoms with Crippen LogP contribution in [0.2, 0.25) is 5.02 Å². The third-order valence-electron chi connectivity index (χ3n) is 2.68. The number of nitrogens with zero attached hydrogens (tertiary/aromatic N) is 1. The van der Waals surface area contributed by atoms with Crippen LogP contribution in [0.15, 0.2) is 24.3 Å². The van der Waals surface area contributed by atoms with Crippen LogP contribution in [0, 0.1) is 0 Å². The number of benzene rings is 1. The molecule has 1 rings (SSSR count). The van der Waals surface area contributed by atoms with Crippen LogP contribution in [-0.2, 0) is 4.79 Å². The summed E-state index contributed by atoms with van der Waals surface area (Å²) in [4.78, 5) is 13.4. The SMILES string of the molecule is CCCN(CCOc1ccc(Cl)cc1)CC(=O)NC. The van der Waals surface area contributed by atoms with E-state index in [4.69, 9.17) is 16.3 Å². The molecule has 106 valence electrons. The van der Waals surface area contributed by atoms with Crippen molar-refractivity contribution in [2.45, 2.75) is 13.3 Å². The fourth-order valence-electron chi connectivity index (χ4n) is 1.69. The molecule has 0 aliphatic rings. The molecule has 0 spiro atoms. The molecule has 0 aliphatic heterocycles. The quantitative estimate of drug-likeness (QED) is 0.795. The number of halogens is 1. The molecule has 0 atom stereocenters. The number of carbonyl (C=O) groups excluding carboxylic acids is 1. The molecule has 0 bridgehead atoms. The lowest BCUT2D eigenvalue weighted by molar-refractivity contribution is -0.121. The van der Waals surface area contributed by atoms with Gasteiger partial charge >= 0.3 is 0 Å². The van der Waals surface area contributed by atoms with Crippen molar-refractivity contribution in [3.05, 3.63) is 29.3 Å². The molecular weight excluding hydrogens is 264 g/mol. The molecule has 0 radical (unpaired) electrons. The second-order valence-corrected chi connectivity index (χ2v) is 4.69. The zero-order valence-electron chi connectivity index (χ0n) is 11.5. The Labute approximate surface area is 119 Å². The van der Waals surface area contributed by atoms with E-state index in [1.54, 1.807) is 19.2 Å². The van der Waals surface area contributed by atoms with Gasteiger partial charge < -0.3 is 10.1 Å². The zero-order chi connectivity index (χ0) is 14.1. The van der Waals surface area contributed by atoms with Crippen LogP contribution in [0.25, 0.3) is 0 Å². The Bertz CT molecular complexity index is 382. The summed E-state index contributed by atoms with van der Waals surface area (Å²) in [6, 6.07) is 7.27. The molecule has 1 aromatic rings. The number of hydrogen-bond donors (Lipinski definition) is 1. The first-order valence-electron chi connectivity index (χ1n) is 6.47. The Balaban J connectivity index is 2.34. The van der Waals surface area contributed by atoms with Gasteiger partial charge in [0.25, 0.3) is 0 Å². The van der Waals surface area contributed by atoms with E-state index < -0.39 is 0 Å². The van der Waals surface area contributed by atoms with Crippen LogP contribution < -0.4 is 10.1 Å². The van der Waals surface area contributed by atoms with Crippen molar-refractivity contribution in [1.82, 2.24) is 10.2 Å². The number of hydrogen-bond acceptors (Lipinski definition) is 3. The predicted octanol–water partition coefficient (Wildman–Crippen LogP) is 2.18. The van der Waals surface area contributed by atoms with Crippen LogP contribution in [-0.4, -0.2) is 44.1 Å². The van der Waals surface area contributed by atoms with Crippen molar-refractivity contribution in [3.8, 4) is 5.75 Å². The maximum Gasteiger partial charge on any atom is 0.233 e. The van der Waals surface area contributed by atoms with E-state index in [1.165, 1.54) is 0 Å². The second kappa shape index (κ2) is 8.77. The van der Waals surface area contributed by atoms with Crippen LogP contribution in [0.4, 0.5) is 0 Å². The van der Waals surface area contributed by atoms with Crippen LogP contribution >= 0.6 is 11.6 Å². The molecule has 0 saturated heterocycles. The van der Waals surface area contributed by atoms with Crippen molar-refractivity contribution in [1.29, 1.82) is 0 Å². The highest BCUT2D eigenvalue weighted by molar-refractivity contribution is 6.30. The minimum Gasteiger partial charge on any atom is -0.492 e. The normalized spacial score (nSPS) is 10.5. The van der Waals surface area contributed by atoms with Crippen molar-refractivity contribution >= 4 is 17.5 Å². The average Bonchev–Trinajstić information content (AvgIpc) is 2.41. The molecule has 0 heterocycles. The molecule has 0 aliphatic carbocycles. The van der Waals surface area contributed by atoms with Gasteiger partial charge in [-0.15, -0.1) is 0 Å². The molecule has 0 aromatic heterocycles. The number of amides is 1. The Morgan fingerprint density at radius 2 is 2.00 bits per heavy atom. The van der Waals surface area contributed by atoms with Crippen molar-refractivity contribution in [2.24, 2.45) is 0 Å². The summed E-state index contributed by atoms with van der Waals surface area (Å²) in [5.41, 5.74) is 0. The minimum atomic E-state index is 0.0277. The summed E-state index contributed by atoms with van der Waals surface area (Å²) in [6.45, 7) is 4.67. The first-order chi connectivity index (χ1) is 9.15. The number of likely N-dealkylation sites (N-methyl/N-ethyl adjacent to an activating group) is 1. The summed E-state index contributed by atoms with van der Waals surface area (Å²) in [7, 11) is 1.65. The molecule has 1 aromatic carbocycles. The van der Waals surface area contributed by atoms with E-state index >= 15 is 0 Å². The number of rotatable bonds is 8. The summed E-state index contributed by atoms with van der Waals surface area (Å²) < 4.78 is 5.62. The number of carbonyl (C=O) groups is 1. The molecule has 0 fully saturated rings. The molecule has 5 heteroatoms. The van der Waals surface area contributed by atoms with Gasteiger partial charge in [-0.25, -0.2) is 0 Å². The second-order valence-electron chi connectivity index (χ2n) is 4.25. The molecule has 0 saturated carbocycles. The Morgan fingerprint density at radius 1 is 1.32 bits per heavy atom. The largest absolute Gasteiger partial charge is 0.492 e. The van der Waals surface area contributed by atoms with Gasteiger partial charge in [0.2, 0.25) is 5.91 Å². The van der Waals surface area contributed by atoms with Gasteiger partial charge in [-0.1, -0.05) is 18.5 Å². The van der Waals surface area contributed by atoms with Crippen LogP contribution in [0.3, 0.4) is 0 Å². The monoisotopic (exact) mass is 284 g/mol. The highest BCUT2D eigenvalue weighted by Crippen LogP contribution is 2.15. The third kappa shape index (κ3) is 6.45. The summed E-state index contributed by atoms with van der Waals surface area (Å²) in [5.74, 6) is 0.820. The lowest BCUT2D eigenvalue weighted by atomic mass is 10.3. The molecule has 19 heavy (non-hydrogen) atoms. The van der Waals surface area contributed by atoms with Gasteiger partial charge in [0.1, 0.15) is 12.4 Å². The average molecular weight is 285 g/mol. The number of ether oxygens (including phenoxy) is 1. The maximum absolute atomic E-state index is 11.4. The Morgan fingerprint density at radius 3 is 2.58 bits per heavy atom. The summed E-state index contributed by atoms with van der Waals surface area (Å²) in [5, 5.41) is 3.33. The van der Waals surface area contributed by atoms with E-state index in [0.717, 1.165) is 25.3 Å². The summed E-state index contributed by atoms with van der Waals surface area (Å²) in [6.07, 6.45) is 1.01. The van der Waals surface area contributed by atoms with E-state index in [1.807, 2.05) is 12.1 Å². The minimum absolute atomic E-state index is 0.0277. The lowest BCUT2D eigenvalue weighted by Crippen LogP contribution is -2.38. The van der Waals surface area contributed by atoms with Crippen molar-refractivity contribution in [2.75, 3.05) is 33.3 Å². The third-order valence-corrected chi connectivity index (χ3v) is 2.93. The van der Waals surface area contributed by atoms with Crippen molar-refractivity contribution < 1.29 is 9.53 Å². The molecular formula is C14H21ClN2O2. The fourth-order valence-corrected chi connectivity index (χ4v) is 1.82. The van der Waals surface area contributed by atoms with Gasteiger partial charge in [0.15, 0.2) is 0 Å². The van der Waals surface area contributed by atoms with Gasteiger partial charge in [0.05, 0.1) is 6.54 Å². The van der Waals surface area contributed by atoms with E-state index in [9.17, 15) is 4.79 Å². The van der Waals surface area contributed by atoms with E-state index in [-0.39, 0.29) is 5.91 Å². The van der Waals surface area contributed by atoms with Gasteiger partial charge in [0, 0.05) is 18.6 Å². The molecule has 1 N–H and O–H groups in total. The smallest absolute Gasteiger partial charge is 0.233 e. The van der Waals surface area contributed by atoms with Crippen molar-refractivity contribution in [3.63, 3.8) is 0 Å².